The van der Waals surface area contributed by atoms with E-state index in [0.29, 0.717) is 18.4 Å². The standard InChI is InChI=1S/C23H31ClN4O2/c1-16-4-6-19(24)13-20(16)28-11-9-18(15-28)14-27-23(25)26-10-8-17-5-7-21(29-2)22(12-17)30-3/h4-7,12-13,18H,8-11,14-15H2,1-3H3,(H3,25,26,27). The Labute approximate surface area is 184 Å². The van der Waals surface area contributed by atoms with Crippen molar-refractivity contribution in [3.63, 3.8) is 0 Å². The smallest absolute Gasteiger partial charge is 0.188 e. The molecule has 0 aromatic heterocycles. The lowest BCUT2D eigenvalue weighted by Gasteiger charge is -2.21. The molecule has 2 aromatic carbocycles. The second kappa shape index (κ2) is 10.4. The van der Waals surface area contributed by atoms with E-state index in [1.807, 2.05) is 30.3 Å². The van der Waals surface area contributed by atoms with Crippen LogP contribution in [0, 0.1) is 12.8 Å². The molecule has 1 atom stereocenters. The van der Waals surface area contributed by atoms with E-state index in [1.54, 1.807) is 14.2 Å². The third-order valence-corrected chi connectivity index (χ3v) is 5.72. The highest BCUT2D eigenvalue weighted by Crippen LogP contribution is 2.29. The molecule has 3 rings (SSSR count). The number of methoxy groups -OCH3 is 2. The Bertz CT molecular complexity index is 888. The Hall–Kier alpha value is -2.60. The summed E-state index contributed by atoms with van der Waals surface area (Å²) in [4.78, 5) is 6.94. The Morgan fingerprint density at radius 2 is 2.00 bits per heavy atom. The maximum Gasteiger partial charge on any atom is 0.188 e. The number of guanidine groups is 1. The number of benzene rings is 2. The fourth-order valence-corrected chi connectivity index (χ4v) is 3.94. The van der Waals surface area contributed by atoms with Crippen molar-refractivity contribution < 1.29 is 9.47 Å². The van der Waals surface area contributed by atoms with Gasteiger partial charge in [-0.15, -0.1) is 0 Å². The van der Waals surface area contributed by atoms with Crippen LogP contribution in [0.5, 0.6) is 11.5 Å². The first kappa shape index (κ1) is 22.1. The molecule has 162 valence electrons. The van der Waals surface area contributed by atoms with Gasteiger partial charge in [-0.1, -0.05) is 23.7 Å². The molecule has 30 heavy (non-hydrogen) atoms. The van der Waals surface area contributed by atoms with Crippen LogP contribution in [0.25, 0.3) is 0 Å². The summed E-state index contributed by atoms with van der Waals surface area (Å²) in [6.07, 6.45) is 1.93. The predicted octanol–water partition coefficient (Wildman–Crippen LogP) is 3.64. The Morgan fingerprint density at radius 3 is 2.77 bits per heavy atom. The molecular weight excluding hydrogens is 400 g/mol. The summed E-state index contributed by atoms with van der Waals surface area (Å²) in [7, 11) is 3.28. The second-order valence-corrected chi connectivity index (χ2v) is 8.06. The van der Waals surface area contributed by atoms with E-state index in [1.165, 1.54) is 11.3 Å². The molecule has 1 unspecified atom stereocenters. The zero-order valence-corrected chi connectivity index (χ0v) is 18.7. The summed E-state index contributed by atoms with van der Waals surface area (Å²) in [6.45, 7) is 5.56. The number of nitrogens with zero attached hydrogens (tertiary/aromatic N) is 2. The van der Waals surface area contributed by atoms with Crippen molar-refractivity contribution in [3.05, 3.63) is 52.5 Å². The number of nitrogens with one attached hydrogen (secondary N) is 1. The fraction of sp³-hybridized carbons (Fsp3) is 0.435. The average Bonchev–Trinajstić information content (AvgIpc) is 3.22. The minimum atomic E-state index is 0.493. The lowest BCUT2D eigenvalue weighted by Crippen LogP contribution is -2.34. The normalized spacial score (nSPS) is 16.6. The van der Waals surface area contributed by atoms with Gasteiger partial charge in [0.25, 0.3) is 0 Å². The number of hydrogen-bond donors (Lipinski definition) is 2. The molecule has 2 aromatic rings. The van der Waals surface area contributed by atoms with E-state index in [4.69, 9.17) is 26.8 Å². The molecule has 1 aliphatic heterocycles. The van der Waals surface area contributed by atoms with Crippen molar-refractivity contribution in [2.24, 2.45) is 16.6 Å². The molecule has 0 radical (unpaired) electrons. The molecule has 0 spiro atoms. The second-order valence-electron chi connectivity index (χ2n) is 7.62. The van der Waals surface area contributed by atoms with E-state index in [2.05, 4.69) is 28.2 Å². The highest BCUT2D eigenvalue weighted by atomic mass is 35.5. The number of ether oxygens (including phenoxy) is 2. The molecule has 0 amide bonds. The van der Waals surface area contributed by atoms with Gasteiger partial charge in [-0.05, 0) is 61.1 Å². The van der Waals surface area contributed by atoms with Gasteiger partial charge in [-0.3, -0.25) is 4.99 Å². The zero-order chi connectivity index (χ0) is 21.5. The Morgan fingerprint density at radius 1 is 1.20 bits per heavy atom. The predicted molar refractivity (Wildman–Crippen MR) is 124 cm³/mol. The number of aryl methyl sites for hydroxylation is 1. The largest absolute Gasteiger partial charge is 0.493 e. The molecule has 1 saturated heterocycles. The summed E-state index contributed by atoms with van der Waals surface area (Å²) in [5.41, 5.74) is 9.69. The summed E-state index contributed by atoms with van der Waals surface area (Å²) in [5, 5.41) is 3.98. The first-order valence-corrected chi connectivity index (χ1v) is 10.6. The Balaban J connectivity index is 1.45. The maximum absolute atomic E-state index is 6.17. The number of rotatable bonds is 8. The number of anilines is 1. The molecule has 7 heteroatoms. The van der Waals surface area contributed by atoms with Crippen molar-refractivity contribution in [1.29, 1.82) is 0 Å². The number of aliphatic imine (C=N–C) groups is 1. The van der Waals surface area contributed by atoms with Crippen LogP contribution in [0.1, 0.15) is 17.5 Å². The molecule has 1 fully saturated rings. The van der Waals surface area contributed by atoms with Crippen LogP contribution in [0.3, 0.4) is 0 Å². The van der Waals surface area contributed by atoms with E-state index in [9.17, 15) is 0 Å². The third-order valence-electron chi connectivity index (χ3n) is 5.49. The van der Waals surface area contributed by atoms with Crippen LogP contribution < -0.4 is 25.4 Å². The van der Waals surface area contributed by atoms with E-state index < -0.39 is 0 Å². The van der Waals surface area contributed by atoms with Crippen LogP contribution in [-0.2, 0) is 6.42 Å². The number of nitrogens with two attached hydrogens (primary N) is 1. The summed E-state index contributed by atoms with van der Waals surface area (Å²) >= 11 is 6.17. The van der Waals surface area contributed by atoms with Crippen LogP contribution in [0.15, 0.2) is 41.4 Å². The van der Waals surface area contributed by atoms with Gasteiger partial charge >= 0.3 is 0 Å². The maximum atomic E-state index is 6.17. The summed E-state index contributed by atoms with van der Waals surface area (Å²) < 4.78 is 10.6. The molecule has 1 aliphatic rings. The minimum absolute atomic E-state index is 0.493. The number of hydrogen-bond acceptors (Lipinski definition) is 4. The van der Waals surface area contributed by atoms with Gasteiger partial charge in [0.05, 0.1) is 14.2 Å². The van der Waals surface area contributed by atoms with Crippen LogP contribution >= 0.6 is 11.6 Å². The van der Waals surface area contributed by atoms with Crippen molar-refractivity contribution in [1.82, 2.24) is 5.32 Å². The van der Waals surface area contributed by atoms with Crippen LogP contribution in [0.4, 0.5) is 5.69 Å². The molecule has 6 nitrogen and oxygen atoms in total. The molecule has 3 N–H and O–H groups in total. The molecule has 0 aliphatic carbocycles. The van der Waals surface area contributed by atoms with Crippen LogP contribution in [-0.4, -0.2) is 46.4 Å². The first-order valence-electron chi connectivity index (χ1n) is 10.3. The summed E-state index contributed by atoms with van der Waals surface area (Å²) in [6, 6.07) is 12.0. The average molecular weight is 431 g/mol. The molecular formula is C23H31ClN4O2. The zero-order valence-electron chi connectivity index (χ0n) is 18.0. The minimum Gasteiger partial charge on any atom is -0.493 e. The van der Waals surface area contributed by atoms with Crippen molar-refractivity contribution >= 4 is 23.2 Å². The van der Waals surface area contributed by atoms with Gasteiger partial charge in [-0.2, -0.15) is 0 Å². The van der Waals surface area contributed by atoms with E-state index in [-0.39, 0.29) is 0 Å². The topological polar surface area (TPSA) is 72.1 Å². The quantitative estimate of drug-likeness (QED) is 0.494. The Kier molecular flexibility index (Phi) is 7.69. The van der Waals surface area contributed by atoms with Gasteiger partial charge in [0.2, 0.25) is 0 Å². The van der Waals surface area contributed by atoms with Crippen molar-refractivity contribution in [2.45, 2.75) is 19.8 Å². The van der Waals surface area contributed by atoms with Gasteiger partial charge in [0.15, 0.2) is 17.5 Å². The number of halogens is 1. The lowest BCUT2D eigenvalue weighted by molar-refractivity contribution is 0.354. The van der Waals surface area contributed by atoms with E-state index in [0.717, 1.165) is 54.6 Å². The van der Waals surface area contributed by atoms with Gasteiger partial charge in [0, 0.05) is 36.9 Å². The molecule has 0 saturated carbocycles. The van der Waals surface area contributed by atoms with E-state index >= 15 is 0 Å². The first-order chi connectivity index (χ1) is 14.5. The summed E-state index contributed by atoms with van der Waals surface area (Å²) in [5.74, 6) is 2.45. The SMILES string of the molecule is COc1ccc(CCNC(N)=NCC2CCN(c3cc(Cl)ccc3C)C2)cc1OC. The molecule has 0 bridgehead atoms. The third kappa shape index (κ3) is 5.72. The molecule has 1 heterocycles. The fourth-order valence-electron chi connectivity index (χ4n) is 3.78. The van der Waals surface area contributed by atoms with Crippen LogP contribution in [0.2, 0.25) is 5.02 Å². The van der Waals surface area contributed by atoms with Crippen molar-refractivity contribution in [2.75, 3.05) is 45.3 Å². The van der Waals surface area contributed by atoms with Gasteiger partial charge in [0.1, 0.15) is 0 Å². The van der Waals surface area contributed by atoms with Gasteiger partial charge in [-0.25, -0.2) is 0 Å². The lowest BCUT2D eigenvalue weighted by atomic mass is 10.1. The monoisotopic (exact) mass is 430 g/mol. The van der Waals surface area contributed by atoms with Crippen molar-refractivity contribution in [3.8, 4) is 11.5 Å². The highest BCUT2D eigenvalue weighted by molar-refractivity contribution is 6.30. The highest BCUT2D eigenvalue weighted by Gasteiger charge is 2.23. The van der Waals surface area contributed by atoms with Gasteiger partial charge < -0.3 is 25.4 Å².